The minimum absolute atomic E-state index is 0.656. The monoisotopic (exact) mass is 654 g/mol. The molecular formula is C40H22N4S3. The van der Waals surface area contributed by atoms with Crippen molar-refractivity contribution in [2.24, 2.45) is 0 Å². The molecule has 0 aliphatic rings. The van der Waals surface area contributed by atoms with Crippen molar-refractivity contribution < 1.29 is 0 Å². The summed E-state index contributed by atoms with van der Waals surface area (Å²) in [6.45, 7) is 0. The summed E-state index contributed by atoms with van der Waals surface area (Å²) in [4.78, 5) is 20.5. The average molecular weight is 655 g/mol. The number of nitrogens with zero attached hydrogens (tertiary/aromatic N) is 4. The Morgan fingerprint density at radius 1 is 0.362 bits per heavy atom. The highest BCUT2D eigenvalue weighted by Crippen LogP contribution is 2.45. The van der Waals surface area contributed by atoms with Crippen LogP contribution >= 0.6 is 34.0 Å². The van der Waals surface area contributed by atoms with Gasteiger partial charge in [0.15, 0.2) is 17.5 Å². The van der Waals surface area contributed by atoms with Crippen LogP contribution < -0.4 is 0 Å². The van der Waals surface area contributed by atoms with E-state index in [-0.39, 0.29) is 0 Å². The maximum absolute atomic E-state index is 5.22. The fraction of sp³-hybridized carbons (Fsp3) is 0. The zero-order chi connectivity index (χ0) is 30.9. The molecule has 4 heterocycles. The first-order valence-electron chi connectivity index (χ1n) is 15.3. The van der Waals surface area contributed by atoms with Crippen molar-refractivity contribution in [2.45, 2.75) is 0 Å². The van der Waals surface area contributed by atoms with Gasteiger partial charge in [0.05, 0.1) is 10.2 Å². The number of rotatable bonds is 4. The van der Waals surface area contributed by atoms with Gasteiger partial charge in [-0.3, -0.25) is 0 Å². The van der Waals surface area contributed by atoms with Crippen molar-refractivity contribution in [1.29, 1.82) is 0 Å². The Morgan fingerprint density at radius 3 is 1.81 bits per heavy atom. The molecule has 0 fully saturated rings. The van der Waals surface area contributed by atoms with Crippen LogP contribution in [-0.4, -0.2) is 19.9 Å². The van der Waals surface area contributed by atoms with Gasteiger partial charge in [-0.2, -0.15) is 0 Å². The third-order valence-corrected chi connectivity index (χ3v) is 11.9. The summed E-state index contributed by atoms with van der Waals surface area (Å²) in [6.07, 6.45) is 0. The van der Waals surface area contributed by atoms with Gasteiger partial charge in [0, 0.05) is 62.6 Å². The minimum Gasteiger partial charge on any atom is -0.236 e. The summed E-state index contributed by atoms with van der Waals surface area (Å²) < 4.78 is 6.13. The lowest BCUT2D eigenvalue weighted by Crippen LogP contribution is -2.00. The molecule has 0 spiro atoms. The van der Waals surface area contributed by atoms with Crippen LogP contribution in [0.5, 0.6) is 0 Å². The first kappa shape index (κ1) is 26.8. The number of para-hydroxylation sites is 1. The van der Waals surface area contributed by atoms with Crippen LogP contribution in [0.15, 0.2) is 133 Å². The first-order chi connectivity index (χ1) is 23.3. The third-order valence-electron chi connectivity index (χ3n) is 8.59. The molecule has 4 nitrogen and oxygen atoms in total. The molecule has 0 saturated heterocycles. The Morgan fingerprint density at radius 2 is 0.979 bits per heavy atom. The smallest absolute Gasteiger partial charge is 0.164 e. The van der Waals surface area contributed by atoms with Gasteiger partial charge < -0.3 is 0 Å². The Bertz CT molecular complexity index is 2780. The second-order valence-electron chi connectivity index (χ2n) is 11.4. The molecule has 6 aromatic carbocycles. The predicted octanol–water partition coefficient (Wildman–Crippen LogP) is 11.9. The second-order valence-corrected chi connectivity index (χ2v) is 14.6. The van der Waals surface area contributed by atoms with Gasteiger partial charge in [-0.05, 0) is 48.5 Å². The molecule has 0 radical (unpaired) electrons. The van der Waals surface area contributed by atoms with Crippen molar-refractivity contribution in [1.82, 2.24) is 19.9 Å². The Kier molecular flexibility index (Phi) is 6.05. The van der Waals surface area contributed by atoms with Gasteiger partial charge >= 0.3 is 0 Å². The molecule has 0 amide bonds. The van der Waals surface area contributed by atoms with Gasteiger partial charge in [-0.25, -0.2) is 19.9 Å². The molecule has 0 saturated carbocycles. The van der Waals surface area contributed by atoms with Crippen LogP contribution in [0, 0.1) is 0 Å². The number of hydrogen-bond donors (Lipinski definition) is 0. The highest BCUT2D eigenvalue weighted by atomic mass is 32.1. The lowest BCUT2D eigenvalue weighted by Gasteiger charge is -2.10. The van der Waals surface area contributed by atoms with E-state index in [0.717, 1.165) is 38.2 Å². The lowest BCUT2D eigenvalue weighted by atomic mass is 10.0. The van der Waals surface area contributed by atoms with Gasteiger partial charge in [-0.1, -0.05) is 84.9 Å². The summed E-state index contributed by atoms with van der Waals surface area (Å²) in [7, 11) is 0. The number of benzene rings is 6. The quantitative estimate of drug-likeness (QED) is 0.189. The topological polar surface area (TPSA) is 51.6 Å². The highest BCUT2D eigenvalue weighted by molar-refractivity contribution is 7.26. The van der Waals surface area contributed by atoms with E-state index in [9.17, 15) is 0 Å². The van der Waals surface area contributed by atoms with E-state index in [4.69, 9.17) is 19.9 Å². The van der Waals surface area contributed by atoms with Crippen LogP contribution in [0.25, 0.3) is 95.3 Å². The molecule has 0 aliphatic carbocycles. The largest absolute Gasteiger partial charge is 0.236 e. The van der Waals surface area contributed by atoms with E-state index < -0.39 is 0 Å². The molecular weight excluding hydrogens is 633 g/mol. The number of thiazole rings is 1. The summed E-state index contributed by atoms with van der Waals surface area (Å²) >= 11 is 5.34. The normalized spacial score (nSPS) is 11.8. The standard InChI is InChI=1S/C40H22N4S3/c1-2-10-23(11-3-1)37-42-38(24-20-21-31-28(22-24)25-12-4-6-16-30(25)45-31)44-39(43-37)26-13-8-18-33-35(26)36-27(14-9-19-34(36)46-33)40-41-29-15-5-7-17-32(29)47-40/h1-22H. The van der Waals surface area contributed by atoms with Gasteiger partial charge in [-0.15, -0.1) is 34.0 Å². The second kappa shape index (κ2) is 10.6. The van der Waals surface area contributed by atoms with E-state index in [1.165, 1.54) is 39.7 Å². The maximum atomic E-state index is 5.22. The predicted molar refractivity (Wildman–Crippen MR) is 201 cm³/mol. The minimum atomic E-state index is 0.656. The number of hydrogen-bond acceptors (Lipinski definition) is 7. The molecule has 0 atom stereocenters. The molecule has 47 heavy (non-hydrogen) atoms. The number of fused-ring (bicyclic) bond motifs is 7. The molecule has 10 rings (SSSR count). The average Bonchev–Trinajstić information content (AvgIpc) is 3.84. The third kappa shape index (κ3) is 4.39. The molecule has 0 bridgehead atoms. The Labute approximate surface area is 281 Å². The summed E-state index contributed by atoms with van der Waals surface area (Å²) in [5.74, 6) is 1.98. The van der Waals surface area contributed by atoms with Gasteiger partial charge in [0.2, 0.25) is 0 Å². The lowest BCUT2D eigenvalue weighted by molar-refractivity contribution is 1.08. The van der Waals surface area contributed by atoms with E-state index >= 15 is 0 Å². The van der Waals surface area contributed by atoms with Crippen LogP contribution in [-0.2, 0) is 0 Å². The zero-order valence-electron chi connectivity index (χ0n) is 24.7. The SMILES string of the molecule is c1ccc(-c2nc(-c3ccc4sc5ccccc5c4c3)nc(-c3cccc4sc5cccc(-c6nc7ccccc7s6)c5c34)n2)cc1. The molecule has 220 valence electrons. The van der Waals surface area contributed by atoms with E-state index in [1.54, 1.807) is 22.7 Å². The summed E-state index contributed by atoms with van der Waals surface area (Å²) in [5, 5.41) is 5.83. The number of aromatic nitrogens is 4. The highest BCUT2D eigenvalue weighted by Gasteiger charge is 2.20. The van der Waals surface area contributed by atoms with Crippen molar-refractivity contribution in [3.8, 4) is 44.7 Å². The molecule has 0 aliphatic heterocycles. The molecule has 0 N–H and O–H groups in total. The molecule has 10 aromatic rings. The van der Waals surface area contributed by atoms with Crippen molar-refractivity contribution in [3.63, 3.8) is 0 Å². The Balaban J connectivity index is 1.23. The van der Waals surface area contributed by atoms with Crippen molar-refractivity contribution >= 4 is 84.6 Å². The van der Waals surface area contributed by atoms with Crippen molar-refractivity contribution in [2.75, 3.05) is 0 Å². The van der Waals surface area contributed by atoms with Gasteiger partial charge in [0.25, 0.3) is 0 Å². The summed E-state index contributed by atoms with van der Waals surface area (Å²) in [5.41, 5.74) is 5.07. The molecule has 0 unspecified atom stereocenters. The van der Waals surface area contributed by atoms with E-state index in [2.05, 4.69) is 109 Å². The van der Waals surface area contributed by atoms with Gasteiger partial charge in [0.1, 0.15) is 5.01 Å². The fourth-order valence-corrected chi connectivity index (χ4v) is 9.67. The van der Waals surface area contributed by atoms with Crippen molar-refractivity contribution in [3.05, 3.63) is 133 Å². The molecule has 7 heteroatoms. The first-order valence-corrected chi connectivity index (χ1v) is 17.8. The van der Waals surface area contributed by atoms with E-state index in [1.807, 2.05) is 35.6 Å². The van der Waals surface area contributed by atoms with E-state index in [0.29, 0.717) is 17.5 Å². The maximum Gasteiger partial charge on any atom is 0.164 e. The Hall–Kier alpha value is -5.34. The summed E-state index contributed by atoms with van der Waals surface area (Å²) in [6, 6.07) is 46.7. The van der Waals surface area contributed by atoms with Crippen LogP contribution in [0.2, 0.25) is 0 Å². The number of thiophene rings is 2. The molecule has 4 aromatic heterocycles. The van der Waals surface area contributed by atoms with Crippen LogP contribution in [0.1, 0.15) is 0 Å². The van der Waals surface area contributed by atoms with Crippen LogP contribution in [0.4, 0.5) is 0 Å². The van der Waals surface area contributed by atoms with Crippen LogP contribution in [0.3, 0.4) is 0 Å². The zero-order valence-corrected chi connectivity index (χ0v) is 27.2. The fourth-order valence-electron chi connectivity index (χ4n) is 6.43.